The van der Waals surface area contributed by atoms with Crippen LogP contribution in [0.2, 0.25) is 0 Å². The van der Waals surface area contributed by atoms with Crippen molar-refractivity contribution in [3.8, 4) is 0 Å². The number of likely N-dealkylation sites (tertiary alicyclic amines) is 1. The number of carboxylic acids is 1. The van der Waals surface area contributed by atoms with E-state index in [1.165, 1.54) is 4.90 Å². The van der Waals surface area contributed by atoms with Crippen LogP contribution in [0.15, 0.2) is 0 Å². The minimum Gasteiger partial charge on any atom is -0.480 e. The Balaban J connectivity index is 2.59. The predicted molar refractivity (Wildman–Crippen MR) is 75.8 cm³/mol. The Hall–Kier alpha value is -1.79. The summed E-state index contributed by atoms with van der Waals surface area (Å²) in [7, 11) is 0. The van der Waals surface area contributed by atoms with Gasteiger partial charge < -0.3 is 20.1 Å². The molecule has 120 valence electrons. The van der Waals surface area contributed by atoms with Crippen LogP contribution in [0.25, 0.3) is 0 Å². The molecule has 2 N–H and O–H groups in total. The number of aliphatic carboxylic acids is 1. The summed E-state index contributed by atoms with van der Waals surface area (Å²) >= 11 is 0. The average molecular weight is 300 g/mol. The molecule has 2 amide bonds. The van der Waals surface area contributed by atoms with Gasteiger partial charge in [0, 0.05) is 13.1 Å². The summed E-state index contributed by atoms with van der Waals surface area (Å²) in [6.45, 7) is 6.26. The molecule has 7 heteroatoms. The number of carboxylic acid groups (broad SMARTS) is 1. The van der Waals surface area contributed by atoms with Gasteiger partial charge in [0.05, 0.1) is 13.0 Å². The number of hydrogen-bond donors (Lipinski definition) is 2. The number of piperidine rings is 1. The fourth-order valence-corrected chi connectivity index (χ4v) is 2.69. The molecule has 1 saturated heterocycles. The Morgan fingerprint density at radius 1 is 1.38 bits per heavy atom. The maximum atomic E-state index is 12.1. The van der Waals surface area contributed by atoms with Gasteiger partial charge in [-0.15, -0.1) is 0 Å². The third-order valence-electron chi connectivity index (χ3n) is 3.68. The Labute approximate surface area is 124 Å². The highest BCUT2D eigenvalue weighted by atomic mass is 16.5. The third-order valence-corrected chi connectivity index (χ3v) is 3.68. The number of carbonyl (C=O) groups is 3. The van der Waals surface area contributed by atoms with Crippen LogP contribution in [0, 0.1) is 5.41 Å². The van der Waals surface area contributed by atoms with Crippen molar-refractivity contribution in [2.45, 2.75) is 46.1 Å². The van der Waals surface area contributed by atoms with Gasteiger partial charge in [-0.25, -0.2) is 9.59 Å². The van der Waals surface area contributed by atoms with Crippen molar-refractivity contribution in [1.29, 1.82) is 0 Å². The number of hydrogen-bond acceptors (Lipinski definition) is 4. The van der Waals surface area contributed by atoms with E-state index in [4.69, 9.17) is 4.74 Å². The molecule has 0 saturated carbocycles. The van der Waals surface area contributed by atoms with Crippen LogP contribution < -0.4 is 5.32 Å². The van der Waals surface area contributed by atoms with E-state index in [0.29, 0.717) is 13.2 Å². The first kappa shape index (κ1) is 17.3. The molecule has 1 aliphatic heterocycles. The van der Waals surface area contributed by atoms with Gasteiger partial charge in [-0.1, -0.05) is 13.8 Å². The first-order chi connectivity index (χ1) is 9.79. The zero-order valence-electron chi connectivity index (χ0n) is 12.8. The van der Waals surface area contributed by atoms with E-state index >= 15 is 0 Å². The summed E-state index contributed by atoms with van der Waals surface area (Å²) in [6, 6.07) is -1.30. The number of nitrogens with zero attached hydrogens (tertiary/aromatic N) is 1. The molecule has 1 rings (SSSR count). The van der Waals surface area contributed by atoms with Crippen LogP contribution >= 0.6 is 0 Å². The minimum absolute atomic E-state index is 0.0779. The van der Waals surface area contributed by atoms with Crippen LogP contribution in [0.4, 0.5) is 4.79 Å². The van der Waals surface area contributed by atoms with Crippen molar-refractivity contribution < 1.29 is 24.2 Å². The lowest BCUT2D eigenvalue weighted by Crippen LogP contribution is -2.58. The highest BCUT2D eigenvalue weighted by molar-refractivity contribution is 5.84. The smallest absolute Gasteiger partial charge is 0.327 e. The van der Waals surface area contributed by atoms with Crippen LogP contribution in [0.1, 0.15) is 40.0 Å². The molecular weight excluding hydrogens is 276 g/mol. The maximum absolute atomic E-state index is 12.1. The van der Waals surface area contributed by atoms with Gasteiger partial charge in [-0.05, 0) is 25.2 Å². The third kappa shape index (κ3) is 4.61. The van der Waals surface area contributed by atoms with Crippen molar-refractivity contribution >= 4 is 18.0 Å². The van der Waals surface area contributed by atoms with E-state index < -0.39 is 23.5 Å². The van der Waals surface area contributed by atoms with Crippen molar-refractivity contribution in [2.24, 2.45) is 5.41 Å². The summed E-state index contributed by atoms with van der Waals surface area (Å²) in [5.74, 6) is -1.38. The second kappa shape index (κ2) is 7.28. The van der Waals surface area contributed by atoms with Crippen LogP contribution in [0.5, 0.6) is 0 Å². The van der Waals surface area contributed by atoms with Crippen molar-refractivity contribution in [1.82, 2.24) is 10.2 Å². The molecule has 0 bridgehead atoms. The molecule has 0 aliphatic carbocycles. The van der Waals surface area contributed by atoms with E-state index in [-0.39, 0.29) is 18.9 Å². The zero-order chi connectivity index (χ0) is 16.0. The minimum atomic E-state index is -1.000. The van der Waals surface area contributed by atoms with Gasteiger partial charge in [0.25, 0.3) is 0 Å². The molecule has 1 atom stereocenters. The lowest BCUT2D eigenvalue weighted by molar-refractivity contribution is -0.148. The van der Waals surface area contributed by atoms with E-state index in [1.54, 1.807) is 6.92 Å². The van der Waals surface area contributed by atoms with Crippen LogP contribution in [0.3, 0.4) is 0 Å². The molecule has 0 aromatic rings. The summed E-state index contributed by atoms with van der Waals surface area (Å²) in [4.78, 5) is 36.1. The molecule has 0 radical (unpaired) electrons. The normalized spacial score (nSPS) is 20.7. The first-order valence-corrected chi connectivity index (χ1v) is 7.22. The zero-order valence-corrected chi connectivity index (χ0v) is 12.8. The Kier molecular flexibility index (Phi) is 5.99. The molecule has 0 aromatic heterocycles. The second-order valence-corrected chi connectivity index (χ2v) is 5.81. The number of ether oxygens (including phenoxy) is 1. The summed E-state index contributed by atoms with van der Waals surface area (Å²) < 4.78 is 4.76. The first-order valence-electron chi connectivity index (χ1n) is 7.22. The highest BCUT2D eigenvalue weighted by Gasteiger charge is 2.44. The van der Waals surface area contributed by atoms with Gasteiger partial charge in [0.1, 0.15) is 6.04 Å². The Bertz CT molecular complexity index is 408. The van der Waals surface area contributed by atoms with Crippen LogP contribution in [-0.4, -0.2) is 53.7 Å². The molecule has 1 heterocycles. The summed E-state index contributed by atoms with van der Waals surface area (Å²) in [6.07, 6.45) is 1.60. The molecule has 0 spiro atoms. The van der Waals surface area contributed by atoms with Gasteiger partial charge in [0.2, 0.25) is 0 Å². The fourth-order valence-electron chi connectivity index (χ4n) is 2.69. The van der Waals surface area contributed by atoms with Crippen molar-refractivity contribution in [3.63, 3.8) is 0 Å². The number of carbonyl (C=O) groups excluding carboxylic acids is 2. The van der Waals surface area contributed by atoms with E-state index in [1.807, 2.05) is 13.8 Å². The van der Waals surface area contributed by atoms with Crippen LogP contribution in [-0.2, 0) is 14.3 Å². The molecule has 21 heavy (non-hydrogen) atoms. The van der Waals surface area contributed by atoms with Gasteiger partial charge >= 0.3 is 18.0 Å². The van der Waals surface area contributed by atoms with Gasteiger partial charge in [-0.2, -0.15) is 0 Å². The molecule has 1 unspecified atom stereocenters. The largest absolute Gasteiger partial charge is 0.480 e. The second-order valence-electron chi connectivity index (χ2n) is 5.81. The number of nitrogens with one attached hydrogen (secondary N) is 1. The fraction of sp³-hybridized carbons (Fsp3) is 0.786. The van der Waals surface area contributed by atoms with Gasteiger partial charge in [0.15, 0.2) is 0 Å². The molecule has 7 nitrogen and oxygen atoms in total. The molecular formula is C14H24N2O5. The van der Waals surface area contributed by atoms with E-state index in [9.17, 15) is 19.5 Å². The summed E-state index contributed by atoms with van der Waals surface area (Å²) in [5, 5.41) is 12.0. The number of esters is 1. The highest BCUT2D eigenvalue weighted by Crippen LogP contribution is 2.35. The number of rotatable bonds is 5. The standard InChI is InChI=1S/C14H24N2O5/c1-4-21-10(17)6-8-15-13(20)16-9-5-7-14(2,3)11(16)12(18)19/h11H,4-9H2,1-3H3,(H,15,20)(H,18,19). The topological polar surface area (TPSA) is 95.9 Å². The lowest BCUT2D eigenvalue weighted by atomic mass is 9.76. The Morgan fingerprint density at radius 3 is 2.62 bits per heavy atom. The van der Waals surface area contributed by atoms with Crippen molar-refractivity contribution in [3.05, 3.63) is 0 Å². The lowest BCUT2D eigenvalue weighted by Gasteiger charge is -2.43. The van der Waals surface area contributed by atoms with E-state index in [2.05, 4.69) is 5.32 Å². The average Bonchev–Trinajstić information content (AvgIpc) is 2.36. The molecule has 1 fully saturated rings. The Morgan fingerprint density at radius 2 is 2.05 bits per heavy atom. The SMILES string of the molecule is CCOC(=O)CCNC(=O)N1CCCC(C)(C)C1C(=O)O. The maximum Gasteiger partial charge on any atom is 0.327 e. The molecule has 1 aliphatic rings. The monoisotopic (exact) mass is 300 g/mol. The molecule has 0 aromatic carbocycles. The van der Waals surface area contributed by atoms with E-state index in [0.717, 1.165) is 12.8 Å². The van der Waals surface area contributed by atoms with Gasteiger partial charge in [-0.3, -0.25) is 4.79 Å². The number of amides is 2. The van der Waals surface area contributed by atoms with Crippen molar-refractivity contribution in [2.75, 3.05) is 19.7 Å². The summed E-state index contributed by atoms with van der Waals surface area (Å²) in [5.41, 5.74) is -0.470. The predicted octanol–water partition coefficient (Wildman–Crippen LogP) is 1.22. The number of urea groups is 1. The quantitative estimate of drug-likeness (QED) is 0.744.